The molecular formula is C9H7BrN2O2. The molecule has 0 fully saturated rings. The highest BCUT2D eigenvalue weighted by Gasteiger charge is 2.07. The van der Waals surface area contributed by atoms with Crippen molar-refractivity contribution >= 4 is 27.2 Å². The number of Topliss-reactive ketones (excluding diaryl/α,β-unsaturated/α-hetero) is 1. The lowest BCUT2D eigenvalue weighted by Gasteiger charge is -1.98. The van der Waals surface area contributed by atoms with Crippen LogP contribution in [-0.2, 0) is 0 Å². The number of fused-ring (bicyclic) bond motifs is 1. The number of aromatic nitrogens is 2. The van der Waals surface area contributed by atoms with Crippen molar-refractivity contribution in [2.24, 2.45) is 0 Å². The van der Waals surface area contributed by atoms with Crippen molar-refractivity contribution in [2.75, 3.05) is 6.61 Å². The van der Waals surface area contributed by atoms with Gasteiger partial charge in [-0.3, -0.25) is 4.79 Å². The Morgan fingerprint density at radius 3 is 3.14 bits per heavy atom. The summed E-state index contributed by atoms with van der Waals surface area (Å²) >= 11 is 3.31. The third-order valence-electron chi connectivity index (χ3n) is 1.94. The number of carbonyl (C=O) groups is 1. The molecule has 72 valence electrons. The summed E-state index contributed by atoms with van der Waals surface area (Å²) in [7, 11) is 0. The molecule has 0 atom stereocenters. The van der Waals surface area contributed by atoms with E-state index in [0.717, 1.165) is 9.99 Å². The number of aliphatic hydroxyl groups excluding tert-OH is 1. The Bertz CT molecular complexity index is 493. The number of nitrogens with zero attached hydrogens (tertiary/aromatic N) is 2. The summed E-state index contributed by atoms with van der Waals surface area (Å²) in [4.78, 5) is 11.2. The minimum absolute atomic E-state index is 0.291. The molecule has 0 saturated heterocycles. The van der Waals surface area contributed by atoms with Crippen molar-refractivity contribution in [1.29, 1.82) is 0 Å². The highest BCUT2D eigenvalue weighted by molar-refractivity contribution is 9.10. The molecule has 2 aromatic rings. The zero-order valence-electron chi connectivity index (χ0n) is 7.14. The second kappa shape index (κ2) is 3.51. The van der Waals surface area contributed by atoms with Crippen LogP contribution in [0.2, 0.25) is 0 Å². The minimum Gasteiger partial charge on any atom is -0.388 e. The van der Waals surface area contributed by atoms with Crippen molar-refractivity contribution in [3.05, 3.63) is 34.6 Å². The average molecular weight is 255 g/mol. The van der Waals surface area contributed by atoms with Crippen molar-refractivity contribution in [3.63, 3.8) is 0 Å². The zero-order valence-corrected chi connectivity index (χ0v) is 8.73. The van der Waals surface area contributed by atoms with Crippen LogP contribution in [0.15, 0.2) is 29.0 Å². The molecule has 0 radical (unpaired) electrons. The van der Waals surface area contributed by atoms with Crippen LogP contribution in [0.1, 0.15) is 10.4 Å². The van der Waals surface area contributed by atoms with Crippen LogP contribution in [-0.4, -0.2) is 27.1 Å². The van der Waals surface area contributed by atoms with Gasteiger partial charge < -0.3 is 5.11 Å². The Labute approximate surface area is 88.3 Å². The number of halogens is 1. The molecule has 0 aliphatic heterocycles. The molecular weight excluding hydrogens is 248 g/mol. The molecule has 4 nitrogen and oxygen atoms in total. The number of pyridine rings is 1. The number of rotatable bonds is 2. The molecule has 2 heterocycles. The first-order valence-electron chi connectivity index (χ1n) is 3.99. The molecule has 0 bridgehead atoms. The monoisotopic (exact) mass is 254 g/mol. The van der Waals surface area contributed by atoms with E-state index in [1.807, 2.05) is 0 Å². The van der Waals surface area contributed by atoms with Crippen LogP contribution in [0.4, 0.5) is 0 Å². The Morgan fingerprint density at radius 1 is 1.64 bits per heavy atom. The van der Waals surface area contributed by atoms with Crippen molar-refractivity contribution < 1.29 is 9.90 Å². The van der Waals surface area contributed by atoms with E-state index in [9.17, 15) is 4.79 Å². The molecule has 2 aromatic heterocycles. The number of carbonyl (C=O) groups excluding carboxylic acids is 1. The van der Waals surface area contributed by atoms with E-state index in [0.29, 0.717) is 5.56 Å². The van der Waals surface area contributed by atoms with Crippen LogP contribution in [0.5, 0.6) is 0 Å². The summed E-state index contributed by atoms with van der Waals surface area (Å²) in [6.07, 6.45) is 3.34. The predicted octanol–water partition coefficient (Wildman–Crippen LogP) is 1.27. The smallest absolute Gasteiger partial charge is 0.188 e. The van der Waals surface area contributed by atoms with Gasteiger partial charge >= 0.3 is 0 Å². The molecule has 0 amide bonds. The van der Waals surface area contributed by atoms with Gasteiger partial charge in [-0.15, -0.1) is 0 Å². The third kappa shape index (κ3) is 1.44. The molecule has 0 aromatic carbocycles. The van der Waals surface area contributed by atoms with E-state index in [1.165, 1.54) is 0 Å². The van der Waals surface area contributed by atoms with Gasteiger partial charge in [0.1, 0.15) is 6.61 Å². The molecule has 5 heteroatoms. The Kier molecular flexibility index (Phi) is 2.35. The van der Waals surface area contributed by atoms with Crippen molar-refractivity contribution in [1.82, 2.24) is 9.61 Å². The number of aliphatic hydroxyl groups is 1. The quantitative estimate of drug-likeness (QED) is 0.822. The first-order chi connectivity index (χ1) is 6.72. The van der Waals surface area contributed by atoms with Gasteiger partial charge in [0.05, 0.1) is 16.2 Å². The molecule has 0 unspecified atom stereocenters. The van der Waals surface area contributed by atoms with Gasteiger partial charge in [0.15, 0.2) is 5.78 Å². The lowest BCUT2D eigenvalue weighted by Crippen LogP contribution is -2.04. The average Bonchev–Trinajstić information content (AvgIpc) is 2.59. The van der Waals surface area contributed by atoms with Crippen LogP contribution in [0.25, 0.3) is 5.52 Å². The maximum Gasteiger partial charge on any atom is 0.188 e. The van der Waals surface area contributed by atoms with Gasteiger partial charge in [0, 0.05) is 11.8 Å². The number of hydrogen-bond donors (Lipinski definition) is 1. The topological polar surface area (TPSA) is 54.6 Å². The second-order valence-corrected chi connectivity index (χ2v) is 3.67. The van der Waals surface area contributed by atoms with E-state index in [2.05, 4.69) is 21.0 Å². The Hall–Kier alpha value is -1.20. The van der Waals surface area contributed by atoms with Crippen molar-refractivity contribution in [3.8, 4) is 0 Å². The van der Waals surface area contributed by atoms with Crippen LogP contribution in [0.3, 0.4) is 0 Å². The van der Waals surface area contributed by atoms with Gasteiger partial charge in [-0.1, -0.05) is 0 Å². The van der Waals surface area contributed by atoms with E-state index in [4.69, 9.17) is 5.11 Å². The number of ketones is 1. The van der Waals surface area contributed by atoms with Crippen LogP contribution in [0, 0.1) is 0 Å². The normalized spacial score (nSPS) is 10.7. The van der Waals surface area contributed by atoms with E-state index < -0.39 is 6.61 Å². The maximum absolute atomic E-state index is 11.2. The summed E-state index contributed by atoms with van der Waals surface area (Å²) in [5, 5.41) is 12.7. The second-order valence-electron chi connectivity index (χ2n) is 2.82. The fourth-order valence-corrected chi connectivity index (χ4v) is 1.60. The Morgan fingerprint density at radius 2 is 2.43 bits per heavy atom. The van der Waals surface area contributed by atoms with Gasteiger partial charge in [-0.2, -0.15) is 5.10 Å². The zero-order chi connectivity index (χ0) is 10.1. The lowest BCUT2D eigenvalue weighted by atomic mass is 10.2. The van der Waals surface area contributed by atoms with Gasteiger partial charge in [-0.05, 0) is 28.1 Å². The van der Waals surface area contributed by atoms with Gasteiger partial charge in [-0.25, -0.2) is 4.52 Å². The summed E-state index contributed by atoms with van der Waals surface area (Å²) in [5.74, 6) is -0.291. The Balaban J connectivity index is 2.60. The van der Waals surface area contributed by atoms with Crippen LogP contribution >= 0.6 is 15.9 Å². The number of hydrogen-bond acceptors (Lipinski definition) is 3. The summed E-state index contributed by atoms with van der Waals surface area (Å²) in [6, 6.07) is 3.32. The largest absolute Gasteiger partial charge is 0.388 e. The van der Waals surface area contributed by atoms with E-state index in [-0.39, 0.29) is 5.78 Å². The highest BCUT2D eigenvalue weighted by Crippen LogP contribution is 2.18. The fraction of sp³-hybridized carbons (Fsp3) is 0.111. The standard InChI is InChI=1S/C9H7BrN2O2/c10-7-4-11-12-2-1-6(3-8(7)12)9(14)5-13/h1-4,13H,5H2. The fourth-order valence-electron chi connectivity index (χ4n) is 1.22. The SMILES string of the molecule is O=C(CO)c1ccn2ncc(Br)c2c1. The predicted molar refractivity (Wildman–Crippen MR) is 54.3 cm³/mol. The summed E-state index contributed by atoms with van der Waals surface area (Å²) < 4.78 is 2.48. The highest BCUT2D eigenvalue weighted by atomic mass is 79.9. The molecule has 0 aliphatic rings. The molecule has 14 heavy (non-hydrogen) atoms. The first kappa shape index (κ1) is 9.36. The molecule has 2 rings (SSSR count). The minimum atomic E-state index is -0.470. The lowest BCUT2D eigenvalue weighted by molar-refractivity contribution is 0.0904. The molecule has 1 N–H and O–H groups in total. The maximum atomic E-state index is 11.2. The molecule has 0 aliphatic carbocycles. The van der Waals surface area contributed by atoms with Crippen molar-refractivity contribution in [2.45, 2.75) is 0 Å². The van der Waals surface area contributed by atoms with Gasteiger partial charge in [0.25, 0.3) is 0 Å². The van der Waals surface area contributed by atoms with Crippen LogP contribution < -0.4 is 0 Å². The van der Waals surface area contributed by atoms with Gasteiger partial charge in [0.2, 0.25) is 0 Å². The summed E-state index contributed by atoms with van der Waals surface area (Å²) in [6.45, 7) is -0.470. The first-order valence-corrected chi connectivity index (χ1v) is 4.78. The third-order valence-corrected chi connectivity index (χ3v) is 2.55. The van der Waals surface area contributed by atoms with E-state index in [1.54, 1.807) is 29.0 Å². The molecule has 0 saturated carbocycles. The van der Waals surface area contributed by atoms with E-state index >= 15 is 0 Å². The molecule has 0 spiro atoms. The summed E-state index contributed by atoms with van der Waals surface area (Å²) in [5.41, 5.74) is 1.30.